The van der Waals surface area contributed by atoms with E-state index < -0.39 is 5.24 Å². The number of halogens is 2. The van der Waals surface area contributed by atoms with E-state index in [9.17, 15) is 4.79 Å². The Morgan fingerprint density at radius 2 is 2.14 bits per heavy atom. The van der Waals surface area contributed by atoms with Crippen LogP contribution >= 0.6 is 27.5 Å². The van der Waals surface area contributed by atoms with Gasteiger partial charge in [-0.25, -0.2) is 4.98 Å². The number of carbonyl (C=O) groups is 1. The molecule has 0 N–H and O–H groups in total. The van der Waals surface area contributed by atoms with Crippen molar-refractivity contribution in [2.24, 2.45) is 0 Å². The molecule has 0 saturated carbocycles. The van der Waals surface area contributed by atoms with Crippen LogP contribution in [0.1, 0.15) is 10.5 Å². The van der Waals surface area contributed by atoms with E-state index in [-0.39, 0.29) is 5.69 Å². The van der Waals surface area contributed by atoms with Gasteiger partial charge in [0.2, 0.25) is 0 Å². The van der Waals surface area contributed by atoms with E-state index in [0.717, 1.165) is 9.86 Å². The molecule has 0 fully saturated rings. The summed E-state index contributed by atoms with van der Waals surface area (Å²) in [5, 5.41) is 0.302. The van der Waals surface area contributed by atoms with Crippen molar-refractivity contribution in [3.05, 3.63) is 34.7 Å². The minimum Gasteiger partial charge on any atom is -0.274 e. The smallest absolute Gasteiger partial charge is 0.270 e. The Kier molecular flexibility index (Phi) is 2.48. The third-order valence-electron chi connectivity index (χ3n) is 1.76. The van der Waals surface area contributed by atoms with Gasteiger partial charge in [-0.1, -0.05) is 0 Å². The number of fused-ring (bicyclic) bond motifs is 1. The number of hydrogen-bond donors (Lipinski definition) is 0. The molecule has 0 aromatic carbocycles. The molecular weight excluding hydrogens is 267 g/mol. The first-order valence-electron chi connectivity index (χ1n) is 3.78. The maximum Gasteiger partial charge on any atom is 0.270 e. The second-order valence-electron chi connectivity index (χ2n) is 2.66. The lowest BCUT2D eigenvalue weighted by atomic mass is 10.2. The number of aromatic nitrogens is 2. The van der Waals surface area contributed by atoms with Crippen LogP contribution in [0.2, 0.25) is 0 Å². The topological polar surface area (TPSA) is 42.9 Å². The largest absolute Gasteiger partial charge is 0.274 e. The molecule has 0 spiro atoms. The highest BCUT2D eigenvalue weighted by Crippen LogP contribution is 2.20. The molecule has 0 unspecified atom stereocenters. The normalized spacial score (nSPS) is 10.4. The highest BCUT2D eigenvalue weighted by Gasteiger charge is 2.06. The average Bonchev–Trinajstić information content (AvgIpc) is 2.18. The predicted molar refractivity (Wildman–Crippen MR) is 57.4 cm³/mol. The fourth-order valence-corrected chi connectivity index (χ4v) is 1.66. The van der Waals surface area contributed by atoms with E-state index in [2.05, 4.69) is 25.9 Å². The molecule has 0 amide bonds. The molecule has 0 aliphatic rings. The van der Waals surface area contributed by atoms with Gasteiger partial charge in [0.1, 0.15) is 5.69 Å². The minimum absolute atomic E-state index is 0.242. The van der Waals surface area contributed by atoms with Crippen LogP contribution in [0, 0.1) is 0 Å². The van der Waals surface area contributed by atoms with Gasteiger partial charge in [0.25, 0.3) is 5.24 Å². The van der Waals surface area contributed by atoms with Gasteiger partial charge in [-0.05, 0) is 39.7 Å². The maximum atomic E-state index is 10.9. The summed E-state index contributed by atoms with van der Waals surface area (Å²) >= 11 is 8.62. The lowest BCUT2D eigenvalue weighted by molar-refractivity contribution is 0.107. The molecule has 0 atom stereocenters. The Bertz CT molecular complexity index is 515. The summed E-state index contributed by atoms with van der Waals surface area (Å²) in [5.41, 5.74) is 0.928. The Morgan fingerprint density at radius 3 is 2.86 bits per heavy atom. The van der Waals surface area contributed by atoms with E-state index in [0.29, 0.717) is 5.52 Å². The molecule has 0 saturated heterocycles. The molecular formula is C9H4BrClN2O. The van der Waals surface area contributed by atoms with E-state index in [1.54, 1.807) is 24.5 Å². The van der Waals surface area contributed by atoms with Crippen molar-refractivity contribution in [1.82, 2.24) is 9.97 Å². The maximum absolute atomic E-state index is 10.9. The number of carbonyl (C=O) groups excluding carboxylic acids is 1. The third kappa shape index (κ3) is 1.63. The molecule has 2 heterocycles. The Hall–Kier alpha value is -1.00. The molecule has 0 aliphatic heterocycles. The highest BCUT2D eigenvalue weighted by molar-refractivity contribution is 9.10. The molecule has 2 aromatic rings. The van der Waals surface area contributed by atoms with E-state index in [1.807, 2.05) is 0 Å². The van der Waals surface area contributed by atoms with Crippen molar-refractivity contribution in [3.8, 4) is 0 Å². The zero-order valence-corrected chi connectivity index (χ0v) is 9.21. The molecule has 0 radical (unpaired) electrons. The van der Waals surface area contributed by atoms with Crippen LogP contribution in [-0.2, 0) is 0 Å². The van der Waals surface area contributed by atoms with Crippen molar-refractivity contribution in [3.63, 3.8) is 0 Å². The van der Waals surface area contributed by atoms with Crippen molar-refractivity contribution in [2.75, 3.05) is 0 Å². The fourth-order valence-electron chi connectivity index (χ4n) is 1.12. The van der Waals surface area contributed by atoms with Crippen LogP contribution < -0.4 is 0 Å². The number of nitrogens with zero attached hydrogens (tertiary/aromatic N) is 2. The SMILES string of the molecule is O=C(Cl)c1ccc2cncc(Br)c2n1. The van der Waals surface area contributed by atoms with Crippen molar-refractivity contribution < 1.29 is 4.79 Å². The molecule has 0 aliphatic carbocycles. The molecule has 2 aromatic heterocycles. The first kappa shape index (κ1) is 9.55. The monoisotopic (exact) mass is 270 g/mol. The van der Waals surface area contributed by atoms with Gasteiger partial charge >= 0.3 is 0 Å². The molecule has 3 nitrogen and oxygen atoms in total. The van der Waals surface area contributed by atoms with Gasteiger partial charge < -0.3 is 0 Å². The fraction of sp³-hybridized carbons (Fsp3) is 0. The van der Waals surface area contributed by atoms with E-state index >= 15 is 0 Å². The summed E-state index contributed by atoms with van der Waals surface area (Å²) in [5.74, 6) is 0. The summed E-state index contributed by atoms with van der Waals surface area (Å²) in [6.45, 7) is 0. The average molecular weight is 272 g/mol. The van der Waals surface area contributed by atoms with Gasteiger partial charge in [-0.3, -0.25) is 9.78 Å². The minimum atomic E-state index is -0.560. The predicted octanol–water partition coefficient (Wildman–Crippen LogP) is 2.77. The summed E-state index contributed by atoms with van der Waals surface area (Å²) in [6.07, 6.45) is 3.30. The summed E-state index contributed by atoms with van der Waals surface area (Å²) in [6, 6.07) is 3.33. The first-order chi connectivity index (χ1) is 6.68. The van der Waals surface area contributed by atoms with Crippen molar-refractivity contribution in [1.29, 1.82) is 0 Å². The third-order valence-corrected chi connectivity index (χ3v) is 2.53. The number of hydrogen-bond acceptors (Lipinski definition) is 3. The molecule has 5 heteroatoms. The van der Waals surface area contributed by atoms with Crippen LogP contribution in [0.4, 0.5) is 0 Å². The second-order valence-corrected chi connectivity index (χ2v) is 3.86. The quantitative estimate of drug-likeness (QED) is 0.749. The number of pyridine rings is 2. The summed E-state index contributed by atoms with van der Waals surface area (Å²) in [7, 11) is 0. The Balaban J connectivity index is 2.76. The molecule has 70 valence electrons. The lowest BCUT2D eigenvalue weighted by Crippen LogP contribution is -1.94. The van der Waals surface area contributed by atoms with Crippen LogP contribution in [0.25, 0.3) is 10.9 Å². The Morgan fingerprint density at radius 1 is 1.36 bits per heavy atom. The van der Waals surface area contributed by atoms with Crippen molar-refractivity contribution in [2.45, 2.75) is 0 Å². The van der Waals surface area contributed by atoms with Gasteiger partial charge in [0.05, 0.1) is 9.99 Å². The van der Waals surface area contributed by atoms with E-state index in [1.165, 1.54) is 0 Å². The zero-order chi connectivity index (χ0) is 10.1. The lowest BCUT2D eigenvalue weighted by Gasteiger charge is -1.99. The molecule has 14 heavy (non-hydrogen) atoms. The molecule has 0 bridgehead atoms. The van der Waals surface area contributed by atoms with E-state index in [4.69, 9.17) is 11.6 Å². The van der Waals surface area contributed by atoms with Crippen LogP contribution in [0.15, 0.2) is 29.0 Å². The van der Waals surface area contributed by atoms with Crippen LogP contribution in [0.5, 0.6) is 0 Å². The first-order valence-corrected chi connectivity index (χ1v) is 4.95. The van der Waals surface area contributed by atoms with Gasteiger partial charge in [0, 0.05) is 17.8 Å². The van der Waals surface area contributed by atoms with Crippen LogP contribution in [0.3, 0.4) is 0 Å². The van der Waals surface area contributed by atoms with Crippen molar-refractivity contribution >= 4 is 43.7 Å². The zero-order valence-electron chi connectivity index (χ0n) is 6.87. The van der Waals surface area contributed by atoms with Gasteiger partial charge in [-0.2, -0.15) is 0 Å². The van der Waals surface area contributed by atoms with Gasteiger partial charge in [0.15, 0.2) is 0 Å². The Labute approximate surface area is 93.2 Å². The number of rotatable bonds is 1. The standard InChI is InChI=1S/C9H4BrClN2O/c10-6-4-12-3-5-1-2-7(9(11)14)13-8(5)6/h1-4H. The van der Waals surface area contributed by atoms with Gasteiger partial charge in [-0.15, -0.1) is 0 Å². The highest BCUT2D eigenvalue weighted by atomic mass is 79.9. The summed E-state index contributed by atoms with van der Waals surface area (Å²) in [4.78, 5) is 19.0. The van der Waals surface area contributed by atoms with Crippen LogP contribution in [-0.4, -0.2) is 15.2 Å². The second kappa shape index (κ2) is 3.63. The molecule has 2 rings (SSSR count). The summed E-state index contributed by atoms with van der Waals surface area (Å²) < 4.78 is 0.745.